The molecule has 3 heteroatoms. The largest absolute Gasteiger partial charge is 0.331 e. The molecule has 3 nitrogen and oxygen atoms in total. The Morgan fingerprint density at radius 2 is 2.21 bits per heavy atom. The van der Waals surface area contributed by atoms with Crippen molar-refractivity contribution >= 4 is 11.0 Å². The lowest BCUT2D eigenvalue weighted by Gasteiger charge is -2.08. The van der Waals surface area contributed by atoms with E-state index >= 15 is 0 Å². The highest BCUT2D eigenvalue weighted by Crippen LogP contribution is 2.40. The van der Waals surface area contributed by atoms with Gasteiger partial charge in [0, 0.05) is 13.0 Å². The summed E-state index contributed by atoms with van der Waals surface area (Å²) >= 11 is 0. The topological polar surface area (TPSA) is 29.9 Å². The number of nitrogens with zero attached hydrogens (tertiary/aromatic N) is 2. The molecule has 2 aliphatic rings. The number of imidazole rings is 1. The molecule has 0 radical (unpaired) electrons. The molecule has 1 aliphatic carbocycles. The van der Waals surface area contributed by atoms with E-state index in [0.29, 0.717) is 0 Å². The molecular formula is C16H21N3. The average Bonchev–Trinajstić information content (AvgIpc) is 3.04. The fourth-order valence-corrected chi connectivity index (χ4v) is 3.31. The minimum atomic E-state index is 0.722. The van der Waals surface area contributed by atoms with E-state index in [2.05, 4.69) is 35.1 Å². The highest BCUT2D eigenvalue weighted by atomic mass is 15.1. The van der Waals surface area contributed by atoms with Crippen molar-refractivity contribution in [1.29, 1.82) is 0 Å². The third-order valence-electron chi connectivity index (χ3n) is 4.61. The molecule has 2 heterocycles. The number of hydrogen-bond donors (Lipinski definition) is 1. The van der Waals surface area contributed by atoms with E-state index < -0.39 is 0 Å². The second-order valence-electron chi connectivity index (χ2n) is 6.19. The lowest BCUT2D eigenvalue weighted by molar-refractivity contribution is 0.580. The lowest BCUT2D eigenvalue weighted by Crippen LogP contribution is -2.10. The van der Waals surface area contributed by atoms with Gasteiger partial charge in [-0.25, -0.2) is 4.98 Å². The summed E-state index contributed by atoms with van der Waals surface area (Å²) in [4.78, 5) is 4.80. The number of aromatic nitrogens is 2. The van der Waals surface area contributed by atoms with Crippen molar-refractivity contribution in [2.24, 2.45) is 13.0 Å². The number of aryl methyl sites for hydroxylation is 1. The van der Waals surface area contributed by atoms with Gasteiger partial charge in [-0.2, -0.15) is 0 Å². The highest BCUT2D eigenvalue weighted by Gasteiger charge is 2.28. The van der Waals surface area contributed by atoms with Crippen LogP contribution in [0.2, 0.25) is 0 Å². The van der Waals surface area contributed by atoms with Gasteiger partial charge in [-0.1, -0.05) is 6.07 Å². The SMILES string of the molecule is Cn1c(C2CC2)nc2ccc(CC3CCNC3)cc21. The predicted octanol–water partition coefficient (Wildman–Crippen LogP) is 2.60. The van der Waals surface area contributed by atoms with Crippen LogP contribution < -0.4 is 5.32 Å². The summed E-state index contributed by atoms with van der Waals surface area (Å²) in [7, 11) is 2.17. The quantitative estimate of drug-likeness (QED) is 0.913. The molecule has 0 amide bonds. The maximum absolute atomic E-state index is 4.80. The predicted molar refractivity (Wildman–Crippen MR) is 77.4 cm³/mol. The first kappa shape index (κ1) is 11.5. The number of rotatable bonds is 3. The van der Waals surface area contributed by atoms with Gasteiger partial charge < -0.3 is 9.88 Å². The summed E-state index contributed by atoms with van der Waals surface area (Å²) in [5.74, 6) is 2.82. The molecule has 2 aromatic rings. The van der Waals surface area contributed by atoms with Gasteiger partial charge in [0.2, 0.25) is 0 Å². The molecule has 1 atom stereocenters. The van der Waals surface area contributed by atoms with Crippen LogP contribution in [0, 0.1) is 5.92 Å². The van der Waals surface area contributed by atoms with Crippen molar-refractivity contribution in [3.05, 3.63) is 29.6 Å². The van der Waals surface area contributed by atoms with E-state index in [1.807, 2.05) is 0 Å². The normalized spacial score (nSPS) is 23.3. The summed E-state index contributed by atoms with van der Waals surface area (Å²) in [6.07, 6.45) is 5.15. The van der Waals surface area contributed by atoms with Crippen molar-refractivity contribution in [2.75, 3.05) is 13.1 Å². The van der Waals surface area contributed by atoms with Crippen molar-refractivity contribution < 1.29 is 0 Å². The van der Waals surface area contributed by atoms with Crippen LogP contribution in [-0.2, 0) is 13.5 Å². The van der Waals surface area contributed by atoms with Gasteiger partial charge in [0.1, 0.15) is 5.82 Å². The van der Waals surface area contributed by atoms with Crippen LogP contribution in [0.5, 0.6) is 0 Å². The molecule has 1 N–H and O–H groups in total. The van der Waals surface area contributed by atoms with Gasteiger partial charge in [0.15, 0.2) is 0 Å². The number of hydrogen-bond acceptors (Lipinski definition) is 2. The van der Waals surface area contributed by atoms with Crippen molar-refractivity contribution in [1.82, 2.24) is 14.9 Å². The van der Waals surface area contributed by atoms with E-state index in [1.54, 1.807) is 0 Å². The fourth-order valence-electron chi connectivity index (χ4n) is 3.31. The molecule has 19 heavy (non-hydrogen) atoms. The van der Waals surface area contributed by atoms with E-state index in [1.165, 1.54) is 55.7 Å². The summed E-state index contributed by atoms with van der Waals surface area (Å²) in [5, 5.41) is 3.45. The van der Waals surface area contributed by atoms with E-state index in [9.17, 15) is 0 Å². The summed E-state index contributed by atoms with van der Waals surface area (Å²) in [6.45, 7) is 2.36. The Morgan fingerprint density at radius 3 is 2.95 bits per heavy atom. The zero-order valence-corrected chi connectivity index (χ0v) is 11.5. The molecule has 1 unspecified atom stereocenters. The minimum absolute atomic E-state index is 0.722. The van der Waals surface area contributed by atoms with Crippen molar-refractivity contribution in [3.63, 3.8) is 0 Å². The van der Waals surface area contributed by atoms with Crippen LogP contribution in [0.4, 0.5) is 0 Å². The maximum Gasteiger partial charge on any atom is 0.112 e. The maximum atomic E-state index is 4.80. The van der Waals surface area contributed by atoms with Crippen molar-refractivity contribution in [2.45, 2.75) is 31.6 Å². The first-order valence-corrected chi connectivity index (χ1v) is 7.47. The van der Waals surface area contributed by atoms with Crippen LogP contribution >= 0.6 is 0 Å². The van der Waals surface area contributed by atoms with Gasteiger partial charge in [0.25, 0.3) is 0 Å². The Kier molecular flexibility index (Phi) is 2.62. The highest BCUT2D eigenvalue weighted by molar-refractivity contribution is 5.77. The molecule has 1 saturated carbocycles. The number of benzene rings is 1. The summed E-state index contributed by atoms with van der Waals surface area (Å²) in [6, 6.07) is 6.83. The molecule has 1 aliphatic heterocycles. The minimum Gasteiger partial charge on any atom is -0.331 e. The molecular weight excluding hydrogens is 234 g/mol. The third-order valence-corrected chi connectivity index (χ3v) is 4.61. The summed E-state index contributed by atoms with van der Waals surface area (Å²) in [5.41, 5.74) is 3.94. The molecule has 0 bridgehead atoms. The second kappa shape index (κ2) is 4.34. The molecule has 1 aromatic carbocycles. The first-order chi connectivity index (χ1) is 9.31. The van der Waals surface area contributed by atoms with Crippen LogP contribution in [0.1, 0.15) is 36.6 Å². The smallest absolute Gasteiger partial charge is 0.112 e. The van der Waals surface area contributed by atoms with Gasteiger partial charge in [-0.05, 0) is 62.4 Å². The first-order valence-electron chi connectivity index (χ1n) is 7.47. The monoisotopic (exact) mass is 255 g/mol. The molecule has 2 fully saturated rings. The summed E-state index contributed by atoms with van der Waals surface area (Å²) < 4.78 is 2.31. The van der Waals surface area contributed by atoms with Gasteiger partial charge in [0.05, 0.1) is 11.0 Å². The molecule has 100 valence electrons. The van der Waals surface area contributed by atoms with Gasteiger partial charge >= 0.3 is 0 Å². The lowest BCUT2D eigenvalue weighted by atomic mass is 9.98. The van der Waals surface area contributed by atoms with Crippen LogP contribution in [0.15, 0.2) is 18.2 Å². The standard InChI is InChI=1S/C16H21N3/c1-19-15-9-11(8-12-6-7-17-10-12)2-5-14(15)18-16(19)13-3-4-13/h2,5,9,12-13,17H,3-4,6-8,10H2,1H3. The van der Waals surface area contributed by atoms with Crippen molar-refractivity contribution in [3.8, 4) is 0 Å². The van der Waals surface area contributed by atoms with Gasteiger partial charge in [-0.3, -0.25) is 0 Å². The van der Waals surface area contributed by atoms with Crippen LogP contribution in [0.3, 0.4) is 0 Å². The number of fused-ring (bicyclic) bond motifs is 1. The Hall–Kier alpha value is -1.35. The molecule has 4 rings (SSSR count). The van der Waals surface area contributed by atoms with Gasteiger partial charge in [-0.15, -0.1) is 0 Å². The zero-order valence-electron chi connectivity index (χ0n) is 11.5. The Bertz CT molecular complexity index is 604. The zero-order chi connectivity index (χ0) is 12.8. The van der Waals surface area contributed by atoms with Crippen LogP contribution in [-0.4, -0.2) is 22.6 Å². The number of nitrogens with one attached hydrogen (secondary N) is 1. The third kappa shape index (κ3) is 2.06. The Labute approximate surface area is 114 Å². The van der Waals surface area contributed by atoms with E-state index in [0.717, 1.165) is 17.4 Å². The second-order valence-corrected chi connectivity index (χ2v) is 6.19. The fraction of sp³-hybridized carbons (Fsp3) is 0.562. The van der Waals surface area contributed by atoms with E-state index in [4.69, 9.17) is 4.98 Å². The molecule has 0 spiro atoms. The average molecular weight is 255 g/mol. The molecule has 1 saturated heterocycles. The molecule has 1 aromatic heterocycles. The van der Waals surface area contributed by atoms with Crippen LogP contribution in [0.25, 0.3) is 11.0 Å². The van der Waals surface area contributed by atoms with E-state index in [-0.39, 0.29) is 0 Å². The Balaban J connectivity index is 1.67. The Morgan fingerprint density at radius 1 is 1.32 bits per heavy atom.